The van der Waals surface area contributed by atoms with Crippen molar-refractivity contribution < 1.29 is 28.2 Å². The number of aromatic carboxylic acids is 1. The Hall–Kier alpha value is -3.16. The molecule has 2 aliphatic heterocycles. The number of carboxylic acid groups (broad SMARTS) is 1. The van der Waals surface area contributed by atoms with Crippen molar-refractivity contribution in [2.45, 2.75) is 25.3 Å². The molecule has 0 unspecified atom stereocenters. The standard InChI is InChI=1S/C20H18F2N2O4/c21-13-8-15(24-11-14-3-1-2-6-23(14)20(24)27)10-16(9-13)28-18-5-4-12(19(25)26)7-17(18)22/h4-5,7-10,14H,1-3,6,11H2,(H,25,26)/t14-/m0/s1. The summed E-state index contributed by atoms with van der Waals surface area (Å²) in [6.07, 6.45) is 2.94. The number of carboxylic acids is 1. The molecule has 0 spiro atoms. The number of amides is 2. The van der Waals surface area contributed by atoms with Crippen LogP contribution in [0, 0.1) is 11.6 Å². The zero-order chi connectivity index (χ0) is 19.8. The molecule has 1 N–H and O–H groups in total. The molecule has 4 rings (SSSR count). The summed E-state index contributed by atoms with van der Waals surface area (Å²) in [6.45, 7) is 1.17. The van der Waals surface area contributed by atoms with Gasteiger partial charge >= 0.3 is 12.0 Å². The Morgan fingerprint density at radius 3 is 2.68 bits per heavy atom. The van der Waals surface area contributed by atoms with Crippen LogP contribution in [-0.2, 0) is 0 Å². The third-order valence-electron chi connectivity index (χ3n) is 5.07. The first-order valence-corrected chi connectivity index (χ1v) is 9.02. The molecule has 146 valence electrons. The second-order valence-electron chi connectivity index (χ2n) is 6.93. The number of nitrogens with zero attached hydrogens (tertiary/aromatic N) is 2. The van der Waals surface area contributed by atoms with E-state index in [2.05, 4.69) is 0 Å². The van der Waals surface area contributed by atoms with Gasteiger partial charge in [0.15, 0.2) is 11.6 Å². The minimum absolute atomic E-state index is 0.0228. The Morgan fingerprint density at radius 2 is 1.96 bits per heavy atom. The Labute approximate surface area is 159 Å². The number of rotatable bonds is 4. The van der Waals surface area contributed by atoms with Crippen molar-refractivity contribution in [3.63, 3.8) is 0 Å². The molecule has 2 aliphatic rings. The molecule has 2 aromatic rings. The number of halogens is 2. The third-order valence-corrected chi connectivity index (χ3v) is 5.07. The lowest BCUT2D eigenvalue weighted by Crippen LogP contribution is -2.38. The van der Waals surface area contributed by atoms with Crippen LogP contribution in [0.3, 0.4) is 0 Å². The molecule has 2 heterocycles. The third kappa shape index (κ3) is 3.37. The van der Waals surface area contributed by atoms with Gasteiger partial charge < -0.3 is 14.7 Å². The maximum Gasteiger partial charge on any atom is 0.335 e. The highest BCUT2D eigenvalue weighted by Crippen LogP contribution is 2.34. The Morgan fingerprint density at radius 1 is 1.14 bits per heavy atom. The van der Waals surface area contributed by atoms with Crippen molar-refractivity contribution in [2.75, 3.05) is 18.0 Å². The van der Waals surface area contributed by atoms with E-state index in [1.165, 1.54) is 29.2 Å². The van der Waals surface area contributed by atoms with Crippen molar-refractivity contribution in [2.24, 2.45) is 0 Å². The SMILES string of the molecule is O=C(O)c1ccc(Oc2cc(F)cc(N3C[C@@H]4CCCCN4C3=O)c2)c(F)c1. The first kappa shape index (κ1) is 18.2. The first-order chi connectivity index (χ1) is 13.4. The number of hydrogen-bond donors (Lipinski definition) is 1. The molecule has 0 saturated carbocycles. The van der Waals surface area contributed by atoms with Crippen LogP contribution < -0.4 is 9.64 Å². The number of carbonyl (C=O) groups excluding carboxylic acids is 1. The van der Waals surface area contributed by atoms with E-state index in [1.807, 2.05) is 0 Å². The van der Waals surface area contributed by atoms with E-state index in [1.54, 1.807) is 4.90 Å². The van der Waals surface area contributed by atoms with Crippen LogP contribution in [0.15, 0.2) is 36.4 Å². The zero-order valence-corrected chi connectivity index (χ0v) is 14.9. The summed E-state index contributed by atoms with van der Waals surface area (Å²) >= 11 is 0. The van der Waals surface area contributed by atoms with Crippen molar-refractivity contribution in [3.8, 4) is 11.5 Å². The normalized spacial score (nSPS) is 18.9. The van der Waals surface area contributed by atoms with Gasteiger partial charge in [0.05, 0.1) is 17.3 Å². The Kier molecular flexibility index (Phi) is 4.62. The van der Waals surface area contributed by atoms with E-state index in [9.17, 15) is 18.4 Å². The van der Waals surface area contributed by atoms with Gasteiger partial charge in [-0.2, -0.15) is 0 Å². The largest absolute Gasteiger partial charge is 0.478 e. The van der Waals surface area contributed by atoms with Crippen molar-refractivity contribution in [1.29, 1.82) is 0 Å². The van der Waals surface area contributed by atoms with E-state index in [0.717, 1.165) is 31.4 Å². The fraction of sp³-hybridized carbons (Fsp3) is 0.300. The molecule has 8 heteroatoms. The molecular formula is C20H18F2N2O4. The maximum absolute atomic E-state index is 14.1. The molecule has 0 aromatic heterocycles. The summed E-state index contributed by atoms with van der Waals surface area (Å²) in [4.78, 5) is 26.9. The minimum Gasteiger partial charge on any atom is -0.478 e. The lowest BCUT2D eigenvalue weighted by atomic mass is 10.0. The topological polar surface area (TPSA) is 70.1 Å². The van der Waals surface area contributed by atoms with Gasteiger partial charge in [0, 0.05) is 25.2 Å². The molecule has 28 heavy (non-hydrogen) atoms. The van der Waals surface area contributed by atoms with Gasteiger partial charge in [0.25, 0.3) is 0 Å². The molecule has 0 aliphatic carbocycles. The number of carbonyl (C=O) groups is 2. The number of benzene rings is 2. The number of hydrogen-bond acceptors (Lipinski definition) is 3. The van der Waals surface area contributed by atoms with Crippen LogP contribution in [-0.4, -0.2) is 41.1 Å². The predicted octanol–water partition coefficient (Wildman–Crippen LogP) is 4.25. The number of urea groups is 1. The van der Waals surface area contributed by atoms with Crippen molar-refractivity contribution in [3.05, 3.63) is 53.6 Å². The minimum atomic E-state index is -1.26. The second kappa shape index (κ2) is 7.10. The average Bonchev–Trinajstić information content (AvgIpc) is 3.00. The maximum atomic E-state index is 14.1. The van der Waals surface area contributed by atoms with Crippen LogP contribution in [0.5, 0.6) is 11.5 Å². The Balaban J connectivity index is 1.60. The van der Waals surface area contributed by atoms with E-state index >= 15 is 0 Å². The molecule has 2 fully saturated rings. The van der Waals surface area contributed by atoms with Crippen LogP contribution in [0.2, 0.25) is 0 Å². The van der Waals surface area contributed by atoms with Gasteiger partial charge in [-0.1, -0.05) is 0 Å². The molecule has 2 saturated heterocycles. The van der Waals surface area contributed by atoms with E-state index in [-0.39, 0.29) is 29.1 Å². The smallest absolute Gasteiger partial charge is 0.335 e. The van der Waals surface area contributed by atoms with Gasteiger partial charge in [-0.05, 0) is 43.5 Å². The van der Waals surface area contributed by atoms with Crippen LogP contribution >= 0.6 is 0 Å². The molecule has 0 bridgehead atoms. The number of ether oxygens (including phenoxy) is 1. The van der Waals surface area contributed by atoms with Gasteiger partial charge in [0.2, 0.25) is 0 Å². The van der Waals surface area contributed by atoms with E-state index in [0.29, 0.717) is 18.8 Å². The van der Waals surface area contributed by atoms with E-state index < -0.39 is 17.6 Å². The zero-order valence-electron chi connectivity index (χ0n) is 14.9. The molecular weight excluding hydrogens is 370 g/mol. The quantitative estimate of drug-likeness (QED) is 0.850. The van der Waals surface area contributed by atoms with Crippen LogP contribution in [0.4, 0.5) is 19.3 Å². The van der Waals surface area contributed by atoms with Gasteiger partial charge in [-0.15, -0.1) is 0 Å². The highest BCUT2D eigenvalue weighted by molar-refractivity contribution is 5.95. The monoisotopic (exact) mass is 388 g/mol. The van der Waals surface area contributed by atoms with Crippen molar-refractivity contribution in [1.82, 2.24) is 4.90 Å². The summed E-state index contributed by atoms with van der Waals surface area (Å²) in [5.41, 5.74) is 0.126. The average molecular weight is 388 g/mol. The number of fused-ring (bicyclic) bond motifs is 1. The highest BCUT2D eigenvalue weighted by Gasteiger charge is 2.39. The number of piperidine rings is 1. The molecule has 1 atom stereocenters. The van der Waals surface area contributed by atoms with Gasteiger partial charge in [-0.25, -0.2) is 18.4 Å². The Bertz CT molecular complexity index is 950. The molecule has 6 nitrogen and oxygen atoms in total. The lowest BCUT2D eigenvalue weighted by Gasteiger charge is -2.27. The second-order valence-corrected chi connectivity index (χ2v) is 6.93. The fourth-order valence-corrected chi connectivity index (χ4v) is 3.71. The summed E-state index contributed by atoms with van der Waals surface area (Å²) in [6, 6.07) is 6.96. The van der Waals surface area contributed by atoms with E-state index in [4.69, 9.17) is 9.84 Å². The number of anilines is 1. The molecule has 2 amide bonds. The molecule has 2 aromatic carbocycles. The molecule has 0 radical (unpaired) electrons. The summed E-state index contributed by atoms with van der Waals surface area (Å²) in [5.74, 6) is -2.96. The summed E-state index contributed by atoms with van der Waals surface area (Å²) in [7, 11) is 0. The van der Waals surface area contributed by atoms with Crippen molar-refractivity contribution >= 4 is 17.7 Å². The first-order valence-electron chi connectivity index (χ1n) is 9.02. The predicted molar refractivity (Wildman–Crippen MR) is 96.9 cm³/mol. The van der Waals surface area contributed by atoms with Gasteiger partial charge in [0.1, 0.15) is 11.6 Å². The van der Waals surface area contributed by atoms with Crippen LogP contribution in [0.1, 0.15) is 29.6 Å². The lowest BCUT2D eigenvalue weighted by molar-refractivity contribution is 0.0696. The van der Waals surface area contributed by atoms with Gasteiger partial charge in [-0.3, -0.25) is 4.90 Å². The van der Waals surface area contributed by atoms with Crippen LogP contribution in [0.25, 0.3) is 0 Å². The summed E-state index contributed by atoms with van der Waals surface area (Å²) < 4.78 is 33.7. The fourth-order valence-electron chi connectivity index (χ4n) is 3.71. The summed E-state index contributed by atoms with van der Waals surface area (Å²) in [5, 5.41) is 8.90. The highest BCUT2D eigenvalue weighted by atomic mass is 19.1.